The molecular weight excluding hydrogens is 256 g/mol. The molecule has 0 unspecified atom stereocenters. The Hall–Kier alpha value is -2.17. The molecule has 5 nitrogen and oxygen atoms in total. The molecule has 0 saturated heterocycles. The monoisotopic (exact) mass is 274 g/mol. The van der Waals surface area contributed by atoms with E-state index < -0.39 is 5.97 Å². The highest BCUT2D eigenvalue weighted by Crippen LogP contribution is 2.26. The Morgan fingerprint density at radius 2 is 1.90 bits per heavy atom. The number of carbonyl (C=O) groups is 1. The van der Waals surface area contributed by atoms with Crippen LogP contribution in [0.1, 0.15) is 36.3 Å². The lowest BCUT2D eigenvalue weighted by Crippen LogP contribution is -1.95. The van der Waals surface area contributed by atoms with Crippen LogP contribution in [0, 0.1) is 13.8 Å². The maximum Gasteiger partial charge on any atom is 0.303 e. The lowest BCUT2D eigenvalue weighted by molar-refractivity contribution is -0.137. The molecule has 0 aliphatic carbocycles. The highest BCUT2D eigenvalue weighted by Gasteiger charge is 2.13. The molecule has 0 bridgehead atoms. The Balaban J connectivity index is 2.04. The molecule has 0 fully saturated rings. The first-order valence-corrected chi connectivity index (χ1v) is 6.68. The molecule has 1 aromatic heterocycles. The zero-order valence-corrected chi connectivity index (χ0v) is 11.7. The van der Waals surface area contributed by atoms with E-state index in [9.17, 15) is 4.79 Å². The van der Waals surface area contributed by atoms with Gasteiger partial charge < -0.3 is 9.52 Å². The fraction of sp³-hybridized carbons (Fsp3) is 0.400. The van der Waals surface area contributed by atoms with Gasteiger partial charge in [-0.25, -0.2) is 0 Å². The van der Waals surface area contributed by atoms with E-state index >= 15 is 0 Å². The molecule has 20 heavy (non-hydrogen) atoms. The third-order valence-corrected chi connectivity index (χ3v) is 3.19. The molecule has 0 amide bonds. The zero-order valence-electron chi connectivity index (χ0n) is 11.7. The normalized spacial score (nSPS) is 10.7. The first-order chi connectivity index (χ1) is 9.58. The van der Waals surface area contributed by atoms with Crippen LogP contribution < -0.4 is 0 Å². The number of unbranched alkanes of at least 4 members (excludes halogenated alkanes) is 1. The minimum absolute atomic E-state index is 0.178. The highest BCUT2D eigenvalue weighted by atomic mass is 16.4. The summed E-state index contributed by atoms with van der Waals surface area (Å²) in [5.41, 5.74) is 3.19. The summed E-state index contributed by atoms with van der Waals surface area (Å²) in [5.74, 6) is 0.327. The van der Waals surface area contributed by atoms with Gasteiger partial charge in [0.05, 0.1) is 0 Å². The van der Waals surface area contributed by atoms with Crippen molar-refractivity contribution in [3.63, 3.8) is 0 Å². The summed E-state index contributed by atoms with van der Waals surface area (Å²) in [6.07, 6.45) is 2.15. The van der Waals surface area contributed by atoms with Crippen molar-refractivity contribution in [1.29, 1.82) is 0 Å². The third kappa shape index (κ3) is 3.44. The molecular formula is C15H18N2O3. The van der Waals surface area contributed by atoms with E-state index in [1.54, 1.807) is 0 Å². The minimum Gasteiger partial charge on any atom is -0.481 e. The Morgan fingerprint density at radius 1 is 1.20 bits per heavy atom. The molecule has 2 aromatic rings. The van der Waals surface area contributed by atoms with Gasteiger partial charge in [0.2, 0.25) is 11.8 Å². The van der Waals surface area contributed by atoms with Crippen LogP contribution in [0.2, 0.25) is 0 Å². The second kappa shape index (κ2) is 6.32. The quantitative estimate of drug-likeness (QED) is 0.819. The first-order valence-electron chi connectivity index (χ1n) is 6.68. The second-order valence-corrected chi connectivity index (χ2v) is 4.87. The Labute approximate surface area is 117 Å². The topological polar surface area (TPSA) is 76.2 Å². The summed E-state index contributed by atoms with van der Waals surface area (Å²) < 4.78 is 5.67. The molecule has 1 N–H and O–H groups in total. The standard InChI is InChI=1S/C15H18N2O3/c1-10-6-5-7-11(2)14(10)15-17-16-12(20-15)8-3-4-9-13(18)19/h5-7H,3-4,8-9H2,1-2H3,(H,18,19). The van der Waals surface area contributed by atoms with Crippen molar-refractivity contribution in [2.75, 3.05) is 0 Å². The number of benzene rings is 1. The van der Waals surface area contributed by atoms with E-state index in [0.717, 1.165) is 23.1 Å². The predicted octanol–water partition coefficient (Wildman–Crippen LogP) is 3.15. The zero-order chi connectivity index (χ0) is 14.5. The van der Waals surface area contributed by atoms with Crippen LogP contribution in [0.5, 0.6) is 0 Å². The molecule has 106 valence electrons. The van der Waals surface area contributed by atoms with Crippen molar-refractivity contribution < 1.29 is 14.3 Å². The second-order valence-electron chi connectivity index (χ2n) is 4.87. The number of aliphatic carboxylic acids is 1. The molecule has 2 rings (SSSR count). The maximum absolute atomic E-state index is 10.4. The van der Waals surface area contributed by atoms with Gasteiger partial charge >= 0.3 is 5.97 Å². The van der Waals surface area contributed by atoms with Crippen molar-refractivity contribution in [3.8, 4) is 11.5 Å². The van der Waals surface area contributed by atoms with Crippen molar-refractivity contribution >= 4 is 5.97 Å². The fourth-order valence-electron chi connectivity index (χ4n) is 2.16. The molecule has 0 aliphatic rings. The molecule has 0 spiro atoms. The minimum atomic E-state index is -0.772. The Morgan fingerprint density at radius 3 is 2.55 bits per heavy atom. The maximum atomic E-state index is 10.4. The van der Waals surface area contributed by atoms with E-state index in [1.165, 1.54) is 0 Å². The summed E-state index contributed by atoms with van der Waals surface area (Å²) in [5, 5.41) is 16.7. The number of rotatable bonds is 6. The smallest absolute Gasteiger partial charge is 0.303 e. The molecule has 0 atom stereocenters. The summed E-state index contributed by atoms with van der Waals surface area (Å²) >= 11 is 0. The molecule has 0 saturated carbocycles. The number of hydrogen-bond donors (Lipinski definition) is 1. The molecule has 1 aromatic carbocycles. The van der Waals surface area contributed by atoms with Crippen LogP contribution in [-0.2, 0) is 11.2 Å². The summed E-state index contributed by atoms with van der Waals surface area (Å²) in [7, 11) is 0. The van der Waals surface area contributed by atoms with Crippen LogP contribution in [0.15, 0.2) is 22.6 Å². The molecule has 0 aliphatic heterocycles. The molecule has 0 radical (unpaired) electrons. The summed E-state index contributed by atoms with van der Waals surface area (Å²) in [6.45, 7) is 4.03. The molecule has 5 heteroatoms. The summed E-state index contributed by atoms with van der Waals surface area (Å²) in [6, 6.07) is 6.02. The van der Waals surface area contributed by atoms with Crippen molar-refractivity contribution in [3.05, 3.63) is 35.2 Å². The fourth-order valence-corrected chi connectivity index (χ4v) is 2.16. The van der Waals surface area contributed by atoms with E-state index in [2.05, 4.69) is 10.2 Å². The van der Waals surface area contributed by atoms with Crippen LogP contribution in [0.4, 0.5) is 0 Å². The van der Waals surface area contributed by atoms with Crippen LogP contribution in [0.25, 0.3) is 11.5 Å². The number of aromatic nitrogens is 2. The Bertz CT molecular complexity index is 585. The lowest BCUT2D eigenvalue weighted by atomic mass is 10.0. The lowest BCUT2D eigenvalue weighted by Gasteiger charge is -2.04. The number of aryl methyl sites for hydroxylation is 3. The van der Waals surface area contributed by atoms with Gasteiger partial charge in [0.1, 0.15) is 0 Å². The largest absolute Gasteiger partial charge is 0.481 e. The Kier molecular flexibility index (Phi) is 4.50. The predicted molar refractivity (Wildman–Crippen MR) is 74.4 cm³/mol. The van der Waals surface area contributed by atoms with Crippen LogP contribution in [0.3, 0.4) is 0 Å². The first kappa shape index (κ1) is 14.2. The van der Waals surface area contributed by atoms with E-state index in [4.69, 9.17) is 9.52 Å². The van der Waals surface area contributed by atoms with Gasteiger partial charge in [-0.1, -0.05) is 18.2 Å². The SMILES string of the molecule is Cc1cccc(C)c1-c1nnc(CCCCC(=O)O)o1. The average Bonchev–Trinajstić information content (AvgIpc) is 2.83. The van der Waals surface area contributed by atoms with Gasteiger partial charge in [0.25, 0.3) is 0 Å². The highest BCUT2D eigenvalue weighted by molar-refractivity contribution is 5.66. The van der Waals surface area contributed by atoms with Gasteiger partial charge in [-0.3, -0.25) is 4.79 Å². The van der Waals surface area contributed by atoms with Gasteiger partial charge in [0, 0.05) is 18.4 Å². The van der Waals surface area contributed by atoms with Gasteiger partial charge in [-0.05, 0) is 37.8 Å². The molecule has 1 heterocycles. The average molecular weight is 274 g/mol. The van der Waals surface area contributed by atoms with Crippen molar-refractivity contribution in [2.45, 2.75) is 39.5 Å². The van der Waals surface area contributed by atoms with Crippen molar-refractivity contribution in [1.82, 2.24) is 10.2 Å². The van der Waals surface area contributed by atoms with E-state index in [1.807, 2.05) is 32.0 Å². The number of carboxylic acid groups (broad SMARTS) is 1. The van der Waals surface area contributed by atoms with E-state index in [-0.39, 0.29) is 6.42 Å². The van der Waals surface area contributed by atoms with Gasteiger partial charge in [0.15, 0.2) is 0 Å². The number of nitrogens with zero attached hydrogens (tertiary/aromatic N) is 2. The van der Waals surface area contributed by atoms with Crippen molar-refractivity contribution in [2.24, 2.45) is 0 Å². The van der Waals surface area contributed by atoms with Gasteiger partial charge in [-0.2, -0.15) is 0 Å². The number of carboxylic acids is 1. The van der Waals surface area contributed by atoms with Gasteiger partial charge in [-0.15, -0.1) is 10.2 Å². The number of hydrogen-bond acceptors (Lipinski definition) is 4. The van der Waals surface area contributed by atoms with E-state index in [0.29, 0.717) is 24.6 Å². The summed E-state index contributed by atoms with van der Waals surface area (Å²) in [4.78, 5) is 10.4. The van der Waals surface area contributed by atoms with Crippen LogP contribution >= 0.6 is 0 Å². The van der Waals surface area contributed by atoms with Crippen LogP contribution in [-0.4, -0.2) is 21.3 Å². The third-order valence-electron chi connectivity index (χ3n) is 3.19.